The number of halogens is 4. The molecule has 0 aliphatic heterocycles. The second-order valence-corrected chi connectivity index (χ2v) is 5.27. The summed E-state index contributed by atoms with van der Waals surface area (Å²) in [5.41, 5.74) is 0.337. The maximum atomic E-state index is 13.0. The van der Waals surface area contributed by atoms with Crippen LogP contribution in [0.5, 0.6) is 5.75 Å². The Bertz CT molecular complexity index is 679. The first kappa shape index (κ1) is 15.9. The van der Waals surface area contributed by atoms with E-state index >= 15 is 0 Å². The molecule has 2 aromatic rings. The van der Waals surface area contributed by atoms with Crippen molar-refractivity contribution in [3.05, 3.63) is 57.3 Å². The molecule has 0 aliphatic carbocycles. The lowest BCUT2D eigenvalue weighted by molar-refractivity contribution is -0.118. The molecule has 0 aliphatic rings. The normalized spacial score (nSPS) is 10.3. The van der Waals surface area contributed by atoms with Gasteiger partial charge in [-0.25, -0.2) is 4.39 Å². The van der Waals surface area contributed by atoms with Crippen LogP contribution < -0.4 is 10.1 Å². The van der Waals surface area contributed by atoms with E-state index in [9.17, 15) is 9.18 Å². The Hall–Kier alpha value is -1.49. The van der Waals surface area contributed by atoms with E-state index in [1.807, 2.05) is 0 Å². The monoisotopic (exact) mass is 347 g/mol. The summed E-state index contributed by atoms with van der Waals surface area (Å²) < 4.78 is 18.2. The maximum absolute atomic E-state index is 13.0. The molecule has 0 unspecified atom stereocenters. The predicted octanol–water partition coefficient (Wildman–Crippen LogP) is 4.80. The van der Waals surface area contributed by atoms with Crippen LogP contribution in [0.3, 0.4) is 0 Å². The average Bonchev–Trinajstić information content (AvgIpc) is 2.41. The highest BCUT2D eigenvalue weighted by molar-refractivity contribution is 6.43. The van der Waals surface area contributed by atoms with Gasteiger partial charge in [-0.2, -0.15) is 0 Å². The highest BCUT2D eigenvalue weighted by Gasteiger charge is 2.10. The summed E-state index contributed by atoms with van der Waals surface area (Å²) in [5, 5.41) is 3.29. The Morgan fingerprint density at radius 3 is 2.52 bits per heavy atom. The molecule has 0 saturated carbocycles. The van der Waals surface area contributed by atoms with Crippen LogP contribution in [0.15, 0.2) is 36.4 Å². The van der Waals surface area contributed by atoms with Crippen LogP contribution in [0.25, 0.3) is 0 Å². The van der Waals surface area contributed by atoms with Crippen molar-refractivity contribution in [2.75, 3.05) is 11.9 Å². The first-order valence-electron chi connectivity index (χ1n) is 5.78. The molecule has 0 spiro atoms. The fourth-order valence-electron chi connectivity index (χ4n) is 1.52. The van der Waals surface area contributed by atoms with Gasteiger partial charge in [0.2, 0.25) is 0 Å². The standard InChI is InChI=1S/C14H9Cl3FNO2/c15-10-5-12(17)13(6-11(10)16)21-7-14(20)19-9-3-1-2-8(18)4-9/h1-6H,7H2,(H,19,20). The van der Waals surface area contributed by atoms with E-state index < -0.39 is 11.7 Å². The molecule has 110 valence electrons. The summed E-state index contributed by atoms with van der Waals surface area (Å²) in [7, 11) is 0. The van der Waals surface area contributed by atoms with Crippen LogP contribution in [0.1, 0.15) is 0 Å². The number of hydrogen-bond acceptors (Lipinski definition) is 2. The van der Waals surface area contributed by atoms with Gasteiger partial charge in [0.1, 0.15) is 11.6 Å². The molecule has 0 aromatic heterocycles. The summed E-state index contributed by atoms with van der Waals surface area (Å²) in [6.07, 6.45) is 0. The molecular weight excluding hydrogens is 340 g/mol. The molecule has 0 bridgehead atoms. The van der Waals surface area contributed by atoms with Crippen molar-refractivity contribution in [2.45, 2.75) is 0 Å². The number of nitrogens with one attached hydrogen (secondary N) is 1. The number of anilines is 1. The molecule has 2 rings (SSSR count). The minimum absolute atomic E-state index is 0.237. The van der Waals surface area contributed by atoms with Crippen molar-refractivity contribution in [3.63, 3.8) is 0 Å². The number of amides is 1. The Morgan fingerprint density at radius 1 is 1.10 bits per heavy atom. The van der Waals surface area contributed by atoms with Gasteiger partial charge >= 0.3 is 0 Å². The number of benzene rings is 2. The first-order valence-corrected chi connectivity index (χ1v) is 6.92. The summed E-state index contributed by atoms with van der Waals surface area (Å²) in [5.74, 6) is -0.663. The highest BCUT2D eigenvalue weighted by atomic mass is 35.5. The number of carbonyl (C=O) groups excluding carboxylic acids is 1. The third-order valence-electron chi connectivity index (χ3n) is 2.44. The molecule has 7 heteroatoms. The van der Waals surface area contributed by atoms with E-state index in [4.69, 9.17) is 39.5 Å². The molecule has 2 aromatic carbocycles. The zero-order chi connectivity index (χ0) is 15.4. The third kappa shape index (κ3) is 4.49. The third-order valence-corrected chi connectivity index (χ3v) is 3.46. The predicted molar refractivity (Wildman–Crippen MR) is 82.0 cm³/mol. The summed E-state index contributed by atoms with van der Waals surface area (Å²) >= 11 is 17.5. The van der Waals surface area contributed by atoms with Crippen LogP contribution in [-0.2, 0) is 4.79 Å². The van der Waals surface area contributed by atoms with Crippen molar-refractivity contribution < 1.29 is 13.9 Å². The van der Waals surface area contributed by atoms with Crippen molar-refractivity contribution in [1.82, 2.24) is 0 Å². The molecule has 1 N–H and O–H groups in total. The Kier molecular flexibility index (Phi) is 5.28. The molecule has 3 nitrogen and oxygen atoms in total. The highest BCUT2D eigenvalue weighted by Crippen LogP contribution is 2.33. The number of hydrogen-bond donors (Lipinski definition) is 1. The summed E-state index contributed by atoms with van der Waals surface area (Å²) in [6.45, 7) is -0.297. The van der Waals surface area contributed by atoms with E-state index in [0.29, 0.717) is 10.7 Å². The van der Waals surface area contributed by atoms with Crippen molar-refractivity contribution in [3.8, 4) is 5.75 Å². The minimum Gasteiger partial charge on any atom is -0.482 e. The van der Waals surface area contributed by atoms with Gasteiger partial charge in [-0.3, -0.25) is 4.79 Å². The lowest BCUT2D eigenvalue weighted by Gasteiger charge is -2.10. The van der Waals surface area contributed by atoms with E-state index in [2.05, 4.69) is 5.32 Å². The van der Waals surface area contributed by atoms with Crippen LogP contribution in [0, 0.1) is 5.82 Å². The van der Waals surface area contributed by atoms with Gasteiger partial charge in [0.25, 0.3) is 5.91 Å². The van der Waals surface area contributed by atoms with Crippen molar-refractivity contribution >= 4 is 46.4 Å². The van der Waals surface area contributed by atoms with Crippen LogP contribution in [0.2, 0.25) is 15.1 Å². The second-order valence-electron chi connectivity index (χ2n) is 4.04. The molecule has 0 saturated heterocycles. The Morgan fingerprint density at radius 2 is 1.81 bits per heavy atom. The first-order chi connectivity index (χ1) is 9.95. The number of carbonyl (C=O) groups is 1. The van der Waals surface area contributed by atoms with Gasteiger partial charge in [-0.1, -0.05) is 40.9 Å². The van der Waals surface area contributed by atoms with E-state index in [1.54, 1.807) is 6.07 Å². The van der Waals surface area contributed by atoms with Gasteiger partial charge in [0, 0.05) is 11.8 Å². The van der Waals surface area contributed by atoms with E-state index in [-0.39, 0.29) is 22.4 Å². The fourth-order valence-corrected chi connectivity index (χ4v) is 2.11. The van der Waals surface area contributed by atoms with E-state index in [0.717, 1.165) is 0 Å². The lowest BCUT2D eigenvalue weighted by Crippen LogP contribution is -2.20. The zero-order valence-corrected chi connectivity index (χ0v) is 12.8. The van der Waals surface area contributed by atoms with Crippen LogP contribution >= 0.6 is 34.8 Å². The smallest absolute Gasteiger partial charge is 0.262 e. The van der Waals surface area contributed by atoms with Gasteiger partial charge < -0.3 is 10.1 Å². The van der Waals surface area contributed by atoms with Gasteiger partial charge in [-0.05, 0) is 24.3 Å². The quantitative estimate of drug-likeness (QED) is 0.806. The van der Waals surface area contributed by atoms with Crippen molar-refractivity contribution in [1.29, 1.82) is 0 Å². The lowest BCUT2D eigenvalue weighted by atomic mass is 10.3. The van der Waals surface area contributed by atoms with Crippen molar-refractivity contribution in [2.24, 2.45) is 0 Å². The van der Waals surface area contributed by atoms with Crippen LogP contribution in [0.4, 0.5) is 10.1 Å². The van der Waals surface area contributed by atoms with E-state index in [1.165, 1.54) is 30.3 Å². The molecule has 1 amide bonds. The molecule has 0 atom stereocenters. The number of rotatable bonds is 4. The second kappa shape index (κ2) is 6.98. The topological polar surface area (TPSA) is 38.3 Å². The van der Waals surface area contributed by atoms with Gasteiger partial charge in [0.15, 0.2) is 6.61 Å². The molecule has 0 fully saturated rings. The Balaban J connectivity index is 1.97. The molecule has 21 heavy (non-hydrogen) atoms. The molecule has 0 radical (unpaired) electrons. The van der Waals surface area contributed by atoms with Crippen LogP contribution in [-0.4, -0.2) is 12.5 Å². The zero-order valence-electron chi connectivity index (χ0n) is 10.5. The SMILES string of the molecule is O=C(COc1cc(Cl)c(Cl)cc1Cl)Nc1cccc(F)c1. The fraction of sp³-hybridized carbons (Fsp3) is 0.0714. The maximum Gasteiger partial charge on any atom is 0.262 e. The minimum atomic E-state index is -0.456. The average molecular weight is 349 g/mol. The number of ether oxygens (including phenoxy) is 1. The largest absolute Gasteiger partial charge is 0.482 e. The Labute approximate surface area is 135 Å². The molecular formula is C14H9Cl3FNO2. The van der Waals surface area contributed by atoms with Gasteiger partial charge in [0.05, 0.1) is 15.1 Å². The summed E-state index contributed by atoms with van der Waals surface area (Å²) in [6, 6.07) is 8.37. The summed E-state index contributed by atoms with van der Waals surface area (Å²) in [4.78, 5) is 11.7. The molecule has 0 heterocycles. The van der Waals surface area contributed by atoms with Gasteiger partial charge in [-0.15, -0.1) is 0 Å².